The first-order valence-electron chi connectivity index (χ1n) is 6.96. The molecule has 0 bridgehead atoms. The van der Waals surface area contributed by atoms with Crippen LogP contribution in [0.15, 0.2) is 30.3 Å². The molecule has 0 aliphatic heterocycles. The lowest BCUT2D eigenvalue weighted by Gasteiger charge is -2.25. The number of aliphatic hydroxyl groups is 1. The van der Waals surface area contributed by atoms with E-state index in [1.54, 1.807) is 26.2 Å². The van der Waals surface area contributed by atoms with Crippen molar-refractivity contribution >= 4 is 17.4 Å². The summed E-state index contributed by atoms with van der Waals surface area (Å²) < 4.78 is 5.05. The third kappa shape index (κ3) is 4.40. The molecule has 2 N–H and O–H groups in total. The molecule has 1 atom stereocenters. The maximum atomic E-state index is 10.6. The number of halogens is 1. The van der Waals surface area contributed by atoms with Crippen LogP contribution in [0, 0.1) is 6.92 Å². The molecule has 2 aromatic rings. The lowest BCUT2D eigenvalue weighted by molar-refractivity contribution is 0.0714. The molecule has 0 aliphatic carbocycles. The van der Waals surface area contributed by atoms with E-state index >= 15 is 0 Å². The number of benzene rings is 1. The summed E-state index contributed by atoms with van der Waals surface area (Å²) >= 11 is 5.98. The molecule has 0 aliphatic rings. The van der Waals surface area contributed by atoms with E-state index in [2.05, 4.69) is 15.3 Å². The highest BCUT2D eigenvalue weighted by atomic mass is 35.5. The molecule has 5 nitrogen and oxygen atoms in total. The second kappa shape index (κ2) is 7.05. The summed E-state index contributed by atoms with van der Waals surface area (Å²) in [5.41, 5.74) is 0.521. The van der Waals surface area contributed by atoms with Crippen LogP contribution in [0.5, 0.6) is 0 Å². The van der Waals surface area contributed by atoms with Crippen molar-refractivity contribution in [3.05, 3.63) is 52.4 Å². The fourth-order valence-electron chi connectivity index (χ4n) is 2.10. The van der Waals surface area contributed by atoms with Gasteiger partial charge in [-0.05, 0) is 31.5 Å². The Labute approximate surface area is 135 Å². The Morgan fingerprint density at radius 2 is 2.09 bits per heavy atom. The second-order valence-electron chi connectivity index (χ2n) is 5.38. The molecule has 1 heterocycles. The van der Waals surface area contributed by atoms with E-state index in [0.717, 1.165) is 11.3 Å². The van der Waals surface area contributed by atoms with Crippen LogP contribution in [0.4, 0.5) is 5.82 Å². The van der Waals surface area contributed by atoms with Gasteiger partial charge in [-0.1, -0.05) is 23.7 Å². The minimum atomic E-state index is -1.06. The zero-order valence-corrected chi connectivity index (χ0v) is 13.7. The largest absolute Gasteiger partial charge is 0.384 e. The van der Waals surface area contributed by atoms with E-state index in [1.807, 2.05) is 25.1 Å². The van der Waals surface area contributed by atoms with Gasteiger partial charge in [0.25, 0.3) is 0 Å². The molecule has 118 valence electrons. The maximum Gasteiger partial charge on any atom is 0.156 e. The third-order valence-electron chi connectivity index (χ3n) is 3.23. The van der Waals surface area contributed by atoms with Crippen LogP contribution in [0.25, 0.3) is 0 Å². The monoisotopic (exact) mass is 321 g/mol. The van der Waals surface area contributed by atoms with Gasteiger partial charge in [0.2, 0.25) is 0 Å². The number of rotatable bonds is 6. The Hall–Kier alpha value is -1.69. The molecule has 0 radical (unpaired) electrons. The molecule has 1 unspecified atom stereocenters. The molecule has 1 aromatic carbocycles. The Balaban J connectivity index is 2.11. The van der Waals surface area contributed by atoms with Crippen molar-refractivity contribution in [1.82, 2.24) is 9.97 Å². The van der Waals surface area contributed by atoms with Crippen molar-refractivity contribution in [3.63, 3.8) is 0 Å². The van der Waals surface area contributed by atoms with E-state index < -0.39 is 5.60 Å². The average molecular weight is 322 g/mol. The van der Waals surface area contributed by atoms with E-state index in [9.17, 15) is 5.11 Å². The number of hydrogen-bond acceptors (Lipinski definition) is 5. The Morgan fingerprint density at radius 3 is 2.77 bits per heavy atom. The molecule has 0 saturated carbocycles. The summed E-state index contributed by atoms with van der Waals surface area (Å²) in [5, 5.41) is 14.4. The smallest absolute Gasteiger partial charge is 0.156 e. The zero-order chi connectivity index (χ0) is 16.2. The van der Waals surface area contributed by atoms with Crippen molar-refractivity contribution in [2.45, 2.75) is 26.1 Å². The number of methoxy groups -OCH3 is 1. The lowest BCUT2D eigenvalue weighted by atomic mass is 9.96. The second-order valence-corrected chi connectivity index (χ2v) is 5.82. The standard InChI is InChI=1S/C16H20ClN3O2/c1-11-7-14(20-15(19-11)9-22-3)18-10-16(2,21)12-5-4-6-13(17)8-12/h4-8,21H,9-10H2,1-3H3,(H,18,19,20). The predicted octanol–water partition coefficient (Wildman–Crippen LogP) is 2.90. The highest BCUT2D eigenvalue weighted by Gasteiger charge is 2.23. The van der Waals surface area contributed by atoms with Crippen LogP contribution in [0.3, 0.4) is 0 Å². The van der Waals surface area contributed by atoms with Crippen LogP contribution < -0.4 is 5.32 Å². The summed E-state index contributed by atoms with van der Waals surface area (Å²) in [7, 11) is 1.60. The van der Waals surface area contributed by atoms with Gasteiger partial charge in [-0.2, -0.15) is 0 Å². The Bertz CT molecular complexity index is 647. The van der Waals surface area contributed by atoms with Crippen molar-refractivity contribution in [3.8, 4) is 0 Å². The van der Waals surface area contributed by atoms with E-state index in [0.29, 0.717) is 29.8 Å². The summed E-state index contributed by atoms with van der Waals surface area (Å²) in [6.45, 7) is 4.27. The number of anilines is 1. The van der Waals surface area contributed by atoms with Gasteiger partial charge in [-0.25, -0.2) is 9.97 Å². The molecule has 2 rings (SSSR count). The van der Waals surface area contributed by atoms with Gasteiger partial charge in [0.1, 0.15) is 18.0 Å². The van der Waals surface area contributed by atoms with E-state index in [4.69, 9.17) is 16.3 Å². The van der Waals surface area contributed by atoms with Crippen LogP contribution in [-0.2, 0) is 16.9 Å². The minimum Gasteiger partial charge on any atom is -0.384 e. The first-order chi connectivity index (χ1) is 10.4. The molecule has 1 aromatic heterocycles. The van der Waals surface area contributed by atoms with Crippen molar-refractivity contribution in [2.24, 2.45) is 0 Å². The number of nitrogens with one attached hydrogen (secondary N) is 1. The molecule has 0 amide bonds. The van der Waals surface area contributed by atoms with Gasteiger partial charge in [-0.3, -0.25) is 0 Å². The summed E-state index contributed by atoms with van der Waals surface area (Å²) in [6.07, 6.45) is 0. The molecule has 22 heavy (non-hydrogen) atoms. The first kappa shape index (κ1) is 16.7. The topological polar surface area (TPSA) is 67.3 Å². The number of aryl methyl sites for hydroxylation is 1. The highest BCUT2D eigenvalue weighted by Crippen LogP contribution is 2.24. The van der Waals surface area contributed by atoms with Crippen molar-refractivity contribution in [2.75, 3.05) is 19.0 Å². The zero-order valence-electron chi connectivity index (χ0n) is 12.9. The number of aromatic nitrogens is 2. The van der Waals surface area contributed by atoms with Gasteiger partial charge < -0.3 is 15.2 Å². The molecule has 0 fully saturated rings. The number of ether oxygens (including phenoxy) is 1. The average Bonchev–Trinajstić information content (AvgIpc) is 2.45. The van der Waals surface area contributed by atoms with Gasteiger partial charge in [0.15, 0.2) is 5.82 Å². The summed E-state index contributed by atoms with van der Waals surface area (Å²) in [4.78, 5) is 8.63. The summed E-state index contributed by atoms with van der Waals surface area (Å²) in [6, 6.07) is 9.02. The third-order valence-corrected chi connectivity index (χ3v) is 3.47. The Kier molecular flexibility index (Phi) is 5.34. The molecule has 6 heteroatoms. The van der Waals surface area contributed by atoms with Crippen LogP contribution in [-0.4, -0.2) is 28.7 Å². The Morgan fingerprint density at radius 1 is 1.32 bits per heavy atom. The van der Waals surface area contributed by atoms with Crippen molar-refractivity contribution in [1.29, 1.82) is 0 Å². The van der Waals surface area contributed by atoms with E-state index in [1.165, 1.54) is 0 Å². The minimum absolute atomic E-state index is 0.302. The van der Waals surface area contributed by atoms with Crippen LogP contribution >= 0.6 is 11.6 Å². The SMILES string of the molecule is COCc1nc(C)cc(NCC(C)(O)c2cccc(Cl)c2)n1. The molecule has 0 saturated heterocycles. The van der Waals surface area contributed by atoms with Gasteiger partial charge in [0.05, 0.1) is 0 Å². The quantitative estimate of drug-likeness (QED) is 0.856. The van der Waals surface area contributed by atoms with Crippen LogP contribution in [0.1, 0.15) is 24.0 Å². The van der Waals surface area contributed by atoms with Gasteiger partial charge in [-0.15, -0.1) is 0 Å². The summed E-state index contributed by atoms with van der Waals surface area (Å²) in [5.74, 6) is 1.26. The lowest BCUT2D eigenvalue weighted by Crippen LogP contribution is -2.31. The fraction of sp³-hybridized carbons (Fsp3) is 0.375. The molecular weight excluding hydrogens is 302 g/mol. The number of hydrogen-bond donors (Lipinski definition) is 2. The normalized spacial score (nSPS) is 13.7. The fourth-order valence-corrected chi connectivity index (χ4v) is 2.29. The van der Waals surface area contributed by atoms with Crippen molar-refractivity contribution < 1.29 is 9.84 Å². The van der Waals surface area contributed by atoms with E-state index in [-0.39, 0.29) is 0 Å². The van der Waals surface area contributed by atoms with Gasteiger partial charge in [0, 0.05) is 30.4 Å². The predicted molar refractivity (Wildman–Crippen MR) is 87.0 cm³/mol. The maximum absolute atomic E-state index is 10.6. The molecular formula is C16H20ClN3O2. The first-order valence-corrected chi connectivity index (χ1v) is 7.34. The molecule has 0 spiro atoms. The van der Waals surface area contributed by atoms with Crippen LogP contribution in [0.2, 0.25) is 5.02 Å². The number of nitrogens with zero attached hydrogens (tertiary/aromatic N) is 2. The van der Waals surface area contributed by atoms with Gasteiger partial charge >= 0.3 is 0 Å². The highest BCUT2D eigenvalue weighted by molar-refractivity contribution is 6.30.